The van der Waals surface area contributed by atoms with Crippen LogP contribution in [0.4, 0.5) is 0 Å². The van der Waals surface area contributed by atoms with Crippen molar-refractivity contribution in [1.29, 1.82) is 0 Å². The number of benzene rings is 1. The smallest absolute Gasteiger partial charge is 0.289 e. The highest BCUT2D eigenvalue weighted by molar-refractivity contribution is 5.95. The number of nitrogen functional groups attached to an aromatic ring is 1. The molecule has 5 heteroatoms. The summed E-state index contributed by atoms with van der Waals surface area (Å²) in [7, 11) is 0. The van der Waals surface area contributed by atoms with E-state index in [1.807, 2.05) is 25.1 Å². The molecular weight excluding hydrogens is 228 g/mol. The van der Waals surface area contributed by atoms with Gasteiger partial charge in [0.2, 0.25) is 5.82 Å². The average Bonchev–Trinajstić information content (AvgIpc) is 2.69. The molecule has 1 aromatic carbocycles. The summed E-state index contributed by atoms with van der Waals surface area (Å²) in [5.74, 6) is 5.95. The summed E-state index contributed by atoms with van der Waals surface area (Å²) in [6.45, 7) is 4.68. The number of rotatable bonds is 4. The molecule has 0 saturated heterocycles. The van der Waals surface area contributed by atoms with Crippen LogP contribution in [0.25, 0.3) is 11.0 Å². The maximum absolute atomic E-state index is 11.9. The van der Waals surface area contributed by atoms with Crippen LogP contribution in [0.15, 0.2) is 18.2 Å². The zero-order valence-corrected chi connectivity index (χ0v) is 10.7. The predicted octanol–water partition coefficient (Wildman–Crippen LogP) is 1.59. The molecule has 0 saturated carbocycles. The Kier molecular flexibility index (Phi) is 3.50. The van der Waals surface area contributed by atoms with Gasteiger partial charge < -0.3 is 11.2 Å². The van der Waals surface area contributed by atoms with Crippen LogP contribution in [-0.4, -0.2) is 22.1 Å². The molecule has 0 bridgehead atoms. The zero-order chi connectivity index (χ0) is 13.1. The lowest BCUT2D eigenvalue weighted by atomic mass is 10.2. The summed E-state index contributed by atoms with van der Waals surface area (Å²) in [4.78, 5) is 16.3. The second-order valence-electron chi connectivity index (χ2n) is 4.36. The molecule has 2 rings (SSSR count). The van der Waals surface area contributed by atoms with Crippen molar-refractivity contribution in [1.82, 2.24) is 15.0 Å². The first-order chi connectivity index (χ1) is 8.65. The van der Waals surface area contributed by atoms with Crippen molar-refractivity contribution >= 4 is 16.9 Å². The number of aryl methyl sites for hydroxylation is 1. The van der Waals surface area contributed by atoms with Crippen LogP contribution >= 0.6 is 0 Å². The third-order valence-corrected chi connectivity index (χ3v) is 2.94. The van der Waals surface area contributed by atoms with Gasteiger partial charge in [-0.25, -0.2) is 9.66 Å². The molecule has 2 aromatic rings. The Morgan fingerprint density at radius 2 is 2.28 bits per heavy atom. The molecule has 0 unspecified atom stereocenters. The molecule has 0 fully saturated rings. The van der Waals surface area contributed by atoms with Crippen molar-refractivity contribution in [2.75, 3.05) is 12.4 Å². The molecular formula is C13H18N4O. The van der Waals surface area contributed by atoms with Gasteiger partial charge >= 0.3 is 0 Å². The maximum atomic E-state index is 11.9. The number of aromatic nitrogens is 2. The first-order valence-electron chi connectivity index (χ1n) is 6.16. The van der Waals surface area contributed by atoms with E-state index in [0.717, 1.165) is 29.4 Å². The number of para-hydroxylation sites is 1. The van der Waals surface area contributed by atoms with Gasteiger partial charge in [-0.3, -0.25) is 4.79 Å². The van der Waals surface area contributed by atoms with Crippen molar-refractivity contribution in [3.05, 3.63) is 29.6 Å². The second-order valence-corrected chi connectivity index (χ2v) is 4.36. The molecule has 0 aliphatic rings. The van der Waals surface area contributed by atoms with Gasteiger partial charge in [0.15, 0.2) is 0 Å². The number of carbonyl (C=O) groups excluding carboxylic acids is 1. The molecule has 3 N–H and O–H groups in total. The van der Waals surface area contributed by atoms with E-state index in [9.17, 15) is 4.79 Å². The number of imidazole rings is 1. The molecule has 5 nitrogen and oxygen atoms in total. The minimum absolute atomic E-state index is 0.221. The zero-order valence-electron chi connectivity index (χ0n) is 10.7. The van der Waals surface area contributed by atoms with Gasteiger partial charge in [0.05, 0.1) is 11.0 Å². The molecule has 0 atom stereocenters. The van der Waals surface area contributed by atoms with Crippen LogP contribution in [0.1, 0.15) is 35.9 Å². The lowest BCUT2D eigenvalue weighted by Crippen LogP contribution is -2.29. The molecule has 0 aliphatic heterocycles. The number of unbranched alkanes of at least 4 members (excludes halogenated alkanes) is 1. The SMILES string of the molecule is CCCCNC(=O)c1nc2c(C)cccc2n1N. The Labute approximate surface area is 106 Å². The molecule has 0 radical (unpaired) electrons. The number of hydrogen-bond acceptors (Lipinski definition) is 3. The summed E-state index contributed by atoms with van der Waals surface area (Å²) in [6.07, 6.45) is 1.99. The van der Waals surface area contributed by atoms with Crippen LogP contribution in [-0.2, 0) is 0 Å². The fourth-order valence-electron chi connectivity index (χ4n) is 1.88. The molecule has 1 amide bonds. The monoisotopic (exact) mass is 246 g/mol. The Morgan fingerprint density at radius 3 is 2.94 bits per heavy atom. The Bertz CT molecular complexity index is 574. The minimum atomic E-state index is -0.221. The first kappa shape index (κ1) is 12.4. The fourth-order valence-corrected chi connectivity index (χ4v) is 1.88. The Morgan fingerprint density at radius 1 is 1.50 bits per heavy atom. The number of hydrogen-bond donors (Lipinski definition) is 2. The summed E-state index contributed by atoms with van der Waals surface area (Å²) in [5.41, 5.74) is 2.57. The van der Waals surface area contributed by atoms with Crippen LogP contribution in [0, 0.1) is 6.92 Å². The van der Waals surface area contributed by atoms with Crippen molar-refractivity contribution in [3.8, 4) is 0 Å². The van der Waals surface area contributed by atoms with Gasteiger partial charge in [0.1, 0.15) is 0 Å². The number of carbonyl (C=O) groups is 1. The van der Waals surface area contributed by atoms with Crippen molar-refractivity contribution in [2.24, 2.45) is 0 Å². The number of fused-ring (bicyclic) bond motifs is 1. The van der Waals surface area contributed by atoms with E-state index in [1.165, 1.54) is 4.68 Å². The summed E-state index contributed by atoms with van der Waals surface area (Å²) in [5, 5.41) is 2.82. The van der Waals surface area contributed by atoms with E-state index >= 15 is 0 Å². The highest BCUT2D eigenvalue weighted by Gasteiger charge is 2.16. The third-order valence-electron chi connectivity index (χ3n) is 2.94. The van der Waals surface area contributed by atoms with E-state index in [4.69, 9.17) is 5.84 Å². The predicted molar refractivity (Wildman–Crippen MR) is 71.9 cm³/mol. The highest BCUT2D eigenvalue weighted by Crippen LogP contribution is 2.17. The standard InChI is InChI=1S/C13H18N4O/c1-3-4-8-15-13(18)12-16-11-9(2)6-5-7-10(11)17(12)14/h5-7H,3-4,8,14H2,1-2H3,(H,15,18). The summed E-state index contributed by atoms with van der Waals surface area (Å²) < 4.78 is 1.35. The van der Waals surface area contributed by atoms with E-state index in [2.05, 4.69) is 17.2 Å². The molecule has 1 heterocycles. The summed E-state index contributed by atoms with van der Waals surface area (Å²) >= 11 is 0. The Balaban J connectivity index is 2.31. The van der Waals surface area contributed by atoms with Gasteiger partial charge in [-0.15, -0.1) is 0 Å². The van der Waals surface area contributed by atoms with Crippen LogP contribution in [0.3, 0.4) is 0 Å². The largest absolute Gasteiger partial charge is 0.349 e. The number of nitrogens with two attached hydrogens (primary N) is 1. The molecule has 96 valence electrons. The average molecular weight is 246 g/mol. The summed E-state index contributed by atoms with van der Waals surface area (Å²) in [6, 6.07) is 5.72. The number of nitrogens with zero attached hydrogens (tertiary/aromatic N) is 2. The fraction of sp³-hybridized carbons (Fsp3) is 0.385. The second kappa shape index (κ2) is 5.08. The quantitative estimate of drug-likeness (QED) is 0.635. The lowest BCUT2D eigenvalue weighted by molar-refractivity contribution is 0.0941. The molecule has 0 aliphatic carbocycles. The van der Waals surface area contributed by atoms with Crippen LogP contribution in [0.2, 0.25) is 0 Å². The van der Waals surface area contributed by atoms with E-state index in [-0.39, 0.29) is 11.7 Å². The van der Waals surface area contributed by atoms with Crippen molar-refractivity contribution < 1.29 is 4.79 Å². The van der Waals surface area contributed by atoms with Crippen LogP contribution in [0.5, 0.6) is 0 Å². The number of amides is 1. The Hall–Kier alpha value is -2.04. The van der Waals surface area contributed by atoms with E-state index in [0.29, 0.717) is 6.54 Å². The molecule has 1 aromatic heterocycles. The molecule has 18 heavy (non-hydrogen) atoms. The first-order valence-corrected chi connectivity index (χ1v) is 6.16. The topological polar surface area (TPSA) is 72.9 Å². The van der Waals surface area contributed by atoms with Gasteiger partial charge in [-0.05, 0) is 25.0 Å². The van der Waals surface area contributed by atoms with Gasteiger partial charge in [0, 0.05) is 6.54 Å². The van der Waals surface area contributed by atoms with Crippen molar-refractivity contribution in [3.63, 3.8) is 0 Å². The van der Waals surface area contributed by atoms with E-state index < -0.39 is 0 Å². The van der Waals surface area contributed by atoms with Gasteiger partial charge in [0.25, 0.3) is 5.91 Å². The van der Waals surface area contributed by atoms with Crippen molar-refractivity contribution in [2.45, 2.75) is 26.7 Å². The highest BCUT2D eigenvalue weighted by atomic mass is 16.2. The van der Waals surface area contributed by atoms with Crippen LogP contribution < -0.4 is 11.2 Å². The van der Waals surface area contributed by atoms with Gasteiger partial charge in [-0.2, -0.15) is 0 Å². The number of nitrogens with one attached hydrogen (secondary N) is 1. The van der Waals surface area contributed by atoms with Gasteiger partial charge in [-0.1, -0.05) is 25.5 Å². The molecule has 0 spiro atoms. The van der Waals surface area contributed by atoms with E-state index in [1.54, 1.807) is 0 Å². The third kappa shape index (κ3) is 2.16. The lowest BCUT2D eigenvalue weighted by Gasteiger charge is -2.03. The normalized spacial score (nSPS) is 10.8. The minimum Gasteiger partial charge on any atom is -0.349 e. The maximum Gasteiger partial charge on any atom is 0.289 e.